The zero-order valence-corrected chi connectivity index (χ0v) is 17.2. The highest BCUT2D eigenvalue weighted by Gasteiger charge is 2.35. The van der Waals surface area contributed by atoms with E-state index in [1.165, 1.54) is 0 Å². The van der Waals surface area contributed by atoms with Crippen LogP contribution in [0.3, 0.4) is 0 Å². The molecule has 31 heavy (non-hydrogen) atoms. The summed E-state index contributed by atoms with van der Waals surface area (Å²) in [5.41, 5.74) is 2.25. The number of carbonyl (C=O) groups is 2. The summed E-state index contributed by atoms with van der Waals surface area (Å²) in [6, 6.07) is 14.5. The smallest absolute Gasteiger partial charge is 0.321 e. The summed E-state index contributed by atoms with van der Waals surface area (Å²) < 4.78 is 10.8. The SMILES string of the molecule is COc1ccc(N2C[C@@H](C(=O)Nc3ccc(Oc4ncccn4)cc3C)CC2=O)cc1. The van der Waals surface area contributed by atoms with E-state index in [0.717, 1.165) is 11.3 Å². The number of anilines is 2. The van der Waals surface area contributed by atoms with Crippen LogP contribution in [-0.4, -0.2) is 35.4 Å². The maximum atomic E-state index is 12.8. The Bertz CT molecular complexity index is 1090. The van der Waals surface area contributed by atoms with Gasteiger partial charge in [-0.1, -0.05) is 0 Å². The molecule has 1 aromatic heterocycles. The average Bonchev–Trinajstić information content (AvgIpc) is 3.18. The number of rotatable bonds is 6. The molecule has 4 rings (SSSR count). The number of carbonyl (C=O) groups excluding carboxylic acids is 2. The molecule has 2 heterocycles. The number of nitrogens with one attached hydrogen (secondary N) is 1. The van der Waals surface area contributed by atoms with Crippen molar-refractivity contribution in [2.24, 2.45) is 5.92 Å². The van der Waals surface area contributed by atoms with Gasteiger partial charge in [0.15, 0.2) is 0 Å². The van der Waals surface area contributed by atoms with Gasteiger partial charge in [0, 0.05) is 36.7 Å². The van der Waals surface area contributed by atoms with Crippen LogP contribution in [0.1, 0.15) is 12.0 Å². The maximum absolute atomic E-state index is 12.8. The molecule has 0 unspecified atom stereocenters. The van der Waals surface area contributed by atoms with Crippen LogP contribution in [0, 0.1) is 12.8 Å². The Kier molecular flexibility index (Phi) is 5.79. The van der Waals surface area contributed by atoms with Gasteiger partial charge in [-0.05, 0) is 61.0 Å². The van der Waals surface area contributed by atoms with Gasteiger partial charge in [0.05, 0.1) is 13.0 Å². The van der Waals surface area contributed by atoms with Gasteiger partial charge in [-0.2, -0.15) is 0 Å². The Labute approximate surface area is 179 Å². The molecular formula is C23H22N4O4. The molecule has 158 valence electrons. The number of hydrogen-bond donors (Lipinski definition) is 1. The summed E-state index contributed by atoms with van der Waals surface area (Å²) in [7, 11) is 1.59. The predicted molar refractivity (Wildman–Crippen MR) is 115 cm³/mol. The number of aromatic nitrogens is 2. The fourth-order valence-electron chi connectivity index (χ4n) is 3.41. The number of methoxy groups -OCH3 is 1. The fraction of sp³-hybridized carbons (Fsp3) is 0.217. The average molecular weight is 418 g/mol. The van der Waals surface area contributed by atoms with Crippen molar-refractivity contribution in [2.75, 3.05) is 23.9 Å². The van der Waals surface area contributed by atoms with Crippen molar-refractivity contribution in [1.29, 1.82) is 0 Å². The molecule has 0 aliphatic carbocycles. The lowest BCUT2D eigenvalue weighted by Gasteiger charge is -2.17. The molecule has 0 spiro atoms. The largest absolute Gasteiger partial charge is 0.497 e. The first-order valence-corrected chi connectivity index (χ1v) is 9.84. The molecule has 0 bridgehead atoms. The minimum absolute atomic E-state index is 0.0753. The van der Waals surface area contributed by atoms with Crippen LogP contribution in [0.15, 0.2) is 60.9 Å². The molecule has 1 N–H and O–H groups in total. The van der Waals surface area contributed by atoms with E-state index in [2.05, 4.69) is 15.3 Å². The van der Waals surface area contributed by atoms with Gasteiger partial charge < -0.3 is 19.7 Å². The first kappa shape index (κ1) is 20.3. The monoisotopic (exact) mass is 418 g/mol. The van der Waals surface area contributed by atoms with Crippen molar-refractivity contribution in [3.8, 4) is 17.5 Å². The summed E-state index contributed by atoms with van der Waals surface area (Å²) in [4.78, 5) is 35.0. The maximum Gasteiger partial charge on any atom is 0.321 e. The summed E-state index contributed by atoms with van der Waals surface area (Å²) >= 11 is 0. The van der Waals surface area contributed by atoms with Gasteiger partial charge >= 0.3 is 6.01 Å². The molecule has 1 saturated heterocycles. The fourth-order valence-corrected chi connectivity index (χ4v) is 3.41. The van der Waals surface area contributed by atoms with Gasteiger partial charge in [0.25, 0.3) is 0 Å². The lowest BCUT2D eigenvalue weighted by molar-refractivity contribution is -0.122. The lowest BCUT2D eigenvalue weighted by Crippen LogP contribution is -2.28. The van der Waals surface area contributed by atoms with Crippen LogP contribution in [0.25, 0.3) is 0 Å². The predicted octanol–water partition coefficient (Wildman–Crippen LogP) is 3.58. The van der Waals surface area contributed by atoms with Crippen molar-refractivity contribution >= 4 is 23.2 Å². The van der Waals surface area contributed by atoms with Gasteiger partial charge in [0.1, 0.15) is 11.5 Å². The first-order chi connectivity index (χ1) is 15.0. The molecular weight excluding hydrogens is 396 g/mol. The molecule has 0 saturated carbocycles. The van der Waals surface area contributed by atoms with Gasteiger partial charge in [-0.3, -0.25) is 9.59 Å². The molecule has 2 amide bonds. The number of benzene rings is 2. The Balaban J connectivity index is 1.40. The molecule has 8 heteroatoms. The Morgan fingerprint density at radius 2 is 1.81 bits per heavy atom. The standard InChI is InChI=1S/C23H22N4O4/c1-15-12-19(31-23-24-10-3-11-25-23)8-9-20(15)26-22(29)16-13-21(28)27(14-16)17-4-6-18(30-2)7-5-17/h3-12,16H,13-14H2,1-2H3,(H,26,29)/t16-/m0/s1. The summed E-state index contributed by atoms with van der Waals surface area (Å²) in [5, 5.41) is 2.93. The van der Waals surface area contributed by atoms with E-state index in [1.54, 1.807) is 60.8 Å². The topological polar surface area (TPSA) is 93.7 Å². The van der Waals surface area contributed by atoms with E-state index in [4.69, 9.17) is 9.47 Å². The van der Waals surface area contributed by atoms with Crippen molar-refractivity contribution in [3.05, 3.63) is 66.5 Å². The van der Waals surface area contributed by atoms with E-state index in [9.17, 15) is 9.59 Å². The number of aryl methyl sites for hydroxylation is 1. The van der Waals surface area contributed by atoms with Crippen LogP contribution >= 0.6 is 0 Å². The molecule has 3 aromatic rings. The molecule has 1 fully saturated rings. The second-order valence-corrected chi connectivity index (χ2v) is 7.20. The van der Waals surface area contributed by atoms with Gasteiger partial charge in [0.2, 0.25) is 11.8 Å². The Hall–Kier alpha value is -3.94. The van der Waals surface area contributed by atoms with Crippen LogP contribution in [0.4, 0.5) is 11.4 Å². The second-order valence-electron chi connectivity index (χ2n) is 7.20. The van der Waals surface area contributed by atoms with Crippen molar-refractivity contribution in [3.63, 3.8) is 0 Å². The zero-order valence-electron chi connectivity index (χ0n) is 17.2. The van der Waals surface area contributed by atoms with Crippen molar-refractivity contribution in [2.45, 2.75) is 13.3 Å². The Morgan fingerprint density at radius 1 is 1.10 bits per heavy atom. The van der Waals surface area contributed by atoms with E-state index in [1.807, 2.05) is 19.1 Å². The van der Waals surface area contributed by atoms with E-state index in [0.29, 0.717) is 23.7 Å². The van der Waals surface area contributed by atoms with Gasteiger partial charge in [-0.15, -0.1) is 0 Å². The van der Waals surface area contributed by atoms with Crippen molar-refractivity contribution in [1.82, 2.24) is 9.97 Å². The van der Waals surface area contributed by atoms with E-state index < -0.39 is 5.92 Å². The summed E-state index contributed by atoms with van der Waals surface area (Å²) in [6.45, 7) is 2.21. The first-order valence-electron chi connectivity index (χ1n) is 9.84. The van der Waals surface area contributed by atoms with Crippen LogP contribution in [-0.2, 0) is 9.59 Å². The number of ether oxygens (including phenoxy) is 2. The molecule has 1 atom stereocenters. The molecule has 1 aliphatic rings. The number of hydrogen-bond acceptors (Lipinski definition) is 6. The zero-order chi connectivity index (χ0) is 21.8. The highest BCUT2D eigenvalue weighted by atomic mass is 16.5. The highest BCUT2D eigenvalue weighted by Crippen LogP contribution is 2.29. The third-order valence-corrected chi connectivity index (χ3v) is 5.09. The second kappa shape index (κ2) is 8.83. The Morgan fingerprint density at radius 3 is 2.48 bits per heavy atom. The molecule has 8 nitrogen and oxygen atoms in total. The number of amides is 2. The van der Waals surface area contributed by atoms with Crippen LogP contribution in [0.5, 0.6) is 17.5 Å². The number of nitrogens with zero attached hydrogens (tertiary/aromatic N) is 3. The van der Waals surface area contributed by atoms with E-state index >= 15 is 0 Å². The summed E-state index contributed by atoms with van der Waals surface area (Å²) in [5.74, 6) is 0.596. The van der Waals surface area contributed by atoms with E-state index in [-0.39, 0.29) is 24.2 Å². The molecule has 1 aliphatic heterocycles. The normalized spacial score (nSPS) is 15.6. The third kappa shape index (κ3) is 4.63. The lowest BCUT2D eigenvalue weighted by atomic mass is 10.1. The van der Waals surface area contributed by atoms with Crippen LogP contribution in [0.2, 0.25) is 0 Å². The van der Waals surface area contributed by atoms with Gasteiger partial charge in [-0.25, -0.2) is 9.97 Å². The molecule has 0 radical (unpaired) electrons. The van der Waals surface area contributed by atoms with Crippen molar-refractivity contribution < 1.29 is 19.1 Å². The third-order valence-electron chi connectivity index (χ3n) is 5.09. The summed E-state index contributed by atoms with van der Waals surface area (Å²) in [6.07, 6.45) is 3.37. The quantitative estimate of drug-likeness (QED) is 0.658. The highest BCUT2D eigenvalue weighted by molar-refractivity contribution is 6.03. The van der Waals surface area contributed by atoms with Crippen LogP contribution < -0.4 is 19.7 Å². The minimum atomic E-state index is -0.428. The molecule has 2 aromatic carbocycles. The minimum Gasteiger partial charge on any atom is -0.497 e.